The van der Waals surface area contributed by atoms with E-state index in [1.165, 1.54) is 10.9 Å². The van der Waals surface area contributed by atoms with Crippen molar-refractivity contribution in [1.29, 1.82) is 0 Å². The monoisotopic (exact) mass is 211 g/mol. The fourth-order valence-corrected chi connectivity index (χ4v) is 1.28. The first-order valence-corrected chi connectivity index (χ1v) is 5.18. The molecule has 1 atom stereocenters. The standard InChI is InChI=1S/C10H17N3O2/c1-4-5-13-8(6-11-12-13)10(15)9(14)7(2)3/h6-7,9,14H,4-5H2,1-3H3. The molecule has 1 heterocycles. The number of hydrogen-bond donors (Lipinski definition) is 1. The van der Waals surface area contributed by atoms with Crippen LogP contribution in [0.4, 0.5) is 0 Å². The smallest absolute Gasteiger partial charge is 0.211 e. The largest absolute Gasteiger partial charge is 0.385 e. The maximum Gasteiger partial charge on any atom is 0.211 e. The van der Waals surface area contributed by atoms with E-state index in [0.717, 1.165) is 6.42 Å². The number of aromatic nitrogens is 3. The lowest BCUT2D eigenvalue weighted by atomic mass is 10.0. The molecular formula is C10H17N3O2. The highest BCUT2D eigenvalue weighted by Gasteiger charge is 2.23. The maximum absolute atomic E-state index is 11.8. The summed E-state index contributed by atoms with van der Waals surface area (Å²) in [6.45, 7) is 6.24. The van der Waals surface area contributed by atoms with Crippen LogP contribution in [0.25, 0.3) is 0 Å². The zero-order valence-electron chi connectivity index (χ0n) is 9.34. The minimum atomic E-state index is -0.973. The zero-order chi connectivity index (χ0) is 11.4. The van der Waals surface area contributed by atoms with Crippen LogP contribution in [-0.4, -0.2) is 32.0 Å². The average molecular weight is 211 g/mol. The Balaban J connectivity index is 2.86. The number of carbonyl (C=O) groups is 1. The molecule has 0 aliphatic rings. The molecule has 1 aromatic heterocycles. The molecule has 5 heteroatoms. The van der Waals surface area contributed by atoms with Gasteiger partial charge in [-0.1, -0.05) is 26.0 Å². The molecule has 15 heavy (non-hydrogen) atoms. The van der Waals surface area contributed by atoms with Crippen molar-refractivity contribution in [1.82, 2.24) is 15.0 Å². The summed E-state index contributed by atoms with van der Waals surface area (Å²) in [5, 5.41) is 17.1. The summed E-state index contributed by atoms with van der Waals surface area (Å²) in [4.78, 5) is 11.8. The van der Waals surface area contributed by atoms with Crippen molar-refractivity contribution in [3.05, 3.63) is 11.9 Å². The molecule has 5 nitrogen and oxygen atoms in total. The van der Waals surface area contributed by atoms with Gasteiger partial charge in [0.25, 0.3) is 0 Å². The predicted molar refractivity (Wildman–Crippen MR) is 55.5 cm³/mol. The van der Waals surface area contributed by atoms with Crippen molar-refractivity contribution in [2.24, 2.45) is 5.92 Å². The molecule has 0 aliphatic carbocycles. The Kier molecular flexibility index (Phi) is 3.96. The number of aliphatic hydroxyl groups excluding tert-OH is 1. The molecule has 0 aromatic carbocycles. The zero-order valence-corrected chi connectivity index (χ0v) is 9.34. The SMILES string of the molecule is CCCn1nncc1C(=O)C(O)C(C)C. The number of aryl methyl sites for hydroxylation is 1. The predicted octanol–water partition coefficient (Wildman–Crippen LogP) is 0.888. The summed E-state index contributed by atoms with van der Waals surface area (Å²) in [6, 6.07) is 0. The highest BCUT2D eigenvalue weighted by Crippen LogP contribution is 2.09. The van der Waals surface area contributed by atoms with Gasteiger partial charge in [0.15, 0.2) is 0 Å². The third-order valence-corrected chi connectivity index (χ3v) is 2.21. The Morgan fingerprint density at radius 3 is 2.80 bits per heavy atom. The molecule has 0 saturated carbocycles. The molecule has 0 radical (unpaired) electrons. The number of Topliss-reactive ketones (excluding diaryl/α,β-unsaturated/α-hetero) is 1. The second-order valence-corrected chi connectivity index (χ2v) is 3.90. The van der Waals surface area contributed by atoms with E-state index in [4.69, 9.17) is 0 Å². The van der Waals surface area contributed by atoms with Crippen LogP contribution in [-0.2, 0) is 6.54 Å². The second kappa shape index (κ2) is 5.02. The van der Waals surface area contributed by atoms with Crippen molar-refractivity contribution in [3.63, 3.8) is 0 Å². The van der Waals surface area contributed by atoms with Crippen LogP contribution in [0.2, 0.25) is 0 Å². The fourth-order valence-electron chi connectivity index (χ4n) is 1.28. The number of aliphatic hydroxyl groups is 1. The summed E-state index contributed by atoms with van der Waals surface area (Å²) >= 11 is 0. The molecule has 1 rings (SSSR count). The van der Waals surface area contributed by atoms with Crippen LogP contribution in [0.1, 0.15) is 37.7 Å². The molecule has 1 unspecified atom stereocenters. The highest BCUT2D eigenvalue weighted by atomic mass is 16.3. The molecule has 1 N–H and O–H groups in total. The number of carbonyl (C=O) groups excluding carboxylic acids is 1. The highest BCUT2D eigenvalue weighted by molar-refractivity contribution is 5.97. The lowest BCUT2D eigenvalue weighted by Crippen LogP contribution is -2.28. The molecule has 84 valence electrons. The molecule has 1 aromatic rings. The van der Waals surface area contributed by atoms with Gasteiger partial charge in [0.05, 0.1) is 6.20 Å². The fraction of sp³-hybridized carbons (Fsp3) is 0.700. The second-order valence-electron chi connectivity index (χ2n) is 3.90. The van der Waals surface area contributed by atoms with Gasteiger partial charge in [-0.15, -0.1) is 5.10 Å². The molecular weight excluding hydrogens is 194 g/mol. The van der Waals surface area contributed by atoms with Gasteiger partial charge in [-0.25, -0.2) is 4.68 Å². The van der Waals surface area contributed by atoms with Crippen LogP contribution in [0.15, 0.2) is 6.20 Å². The van der Waals surface area contributed by atoms with Gasteiger partial charge < -0.3 is 5.11 Å². The Bertz CT molecular complexity index is 333. The third kappa shape index (κ3) is 2.62. The van der Waals surface area contributed by atoms with Crippen LogP contribution in [0, 0.1) is 5.92 Å². The van der Waals surface area contributed by atoms with E-state index in [0.29, 0.717) is 12.2 Å². The van der Waals surface area contributed by atoms with E-state index >= 15 is 0 Å². The summed E-state index contributed by atoms with van der Waals surface area (Å²) in [5.41, 5.74) is 0.387. The van der Waals surface area contributed by atoms with Gasteiger partial charge >= 0.3 is 0 Å². The number of rotatable bonds is 5. The van der Waals surface area contributed by atoms with Gasteiger partial charge in [0, 0.05) is 6.54 Å². The Morgan fingerprint density at radius 2 is 2.27 bits per heavy atom. The molecule has 0 saturated heterocycles. The lowest BCUT2D eigenvalue weighted by Gasteiger charge is -2.13. The summed E-state index contributed by atoms with van der Waals surface area (Å²) in [6.07, 6.45) is 1.31. The first-order chi connectivity index (χ1) is 7.07. The molecule has 0 bridgehead atoms. The lowest BCUT2D eigenvalue weighted by molar-refractivity contribution is 0.0636. The molecule has 0 spiro atoms. The first kappa shape index (κ1) is 11.8. The van der Waals surface area contributed by atoms with E-state index in [-0.39, 0.29) is 11.7 Å². The molecule has 0 aliphatic heterocycles. The first-order valence-electron chi connectivity index (χ1n) is 5.18. The van der Waals surface area contributed by atoms with Crippen LogP contribution < -0.4 is 0 Å². The van der Waals surface area contributed by atoms with Gasteiger partial charge in [-0.3, -0.25) is 4.79 Å². The van der Waals surface area contributed by atoms with Crippen LogP contribution in [0.5, 0.6) is 0 Å². The van der Waals surface area contributed by atoms with Gasteiger partial charge in [0.2, 0.25) is 5.78 Å². The normalized spacial score (nSPS) is 13.1. The van der Waals surface area contributed by atoms with Crippen molar-refractivity contribution in [2.75, 3.05) is 0 Å². The maximum atomic E-state index is 11.8. The quantitative estimate of drug-likeness (QED) is 0.734. The average Bonchev–Trinajstić information content (AvgIpc) is 2.64. The summed E-state index contributed by atoms with van der Waals surface area (Å²) in [7, 11) is 0. The summed E-state index contributed by atoms with van der Waals surface area (Å²) < 4.78 is 1.54. The minimum Gasteiger partial charge on any atom is -0.385 e. The number of ketones is 1. The van der Waals surface area contributed by atoms with E-state index in [2.05, 4.69) is 10.3 Å². The Morgan fingerprint density at radius 1 is 1.60 bits per heavy atom. The van der Waals surface area contributed by atoms with Crippen LogP contribution in [0.3, 0.4) is 0 Å². The summed E-state index contributed by atoms with van der Waals surface area (Å²) in [5.74, 6) is -0.397. The number of hydrogen-bond acceptors (Lipinski definition) is 4. The molecule has 0 fully saturated rings. The van der Waals surface area contributed by atoms with E-state index in [1.807, 2.05) is 6.92 Å². The van der Waals surface area contributed by atoms with Crippen molar-refractivity contribution < 1.29 is 9.90 Å². The van der Waals surface area contributed by atoms with Gasteiger partial charge in [-0.2, -0.15) is 0 Å². The third-order valence-electron chi connectivity index (χ3n) is 2.21. The Labute approximate surface area is 89.1 Å². The van der Waals surface area contributed by atoms with Crippen molar-refractivity contribution in [3.8, 4) is 0 Å². The van der Waals surface area contributed by atoms with E-state index < -0.39 is 6.10 Å². The van der Waals surface area contributed by atoms with Crippen molar-refractivity contribution >= 4 is 5.78 Å². The van der Waals surface area contributed by atoms with Crippen LogP contribution >= 0.6 is 0 Å². The van der Waals surface area contributed by atoms with Crippen molar-refractivity contribution in [2.45, 2.75) is 39.8 Å². The topological polar surface area (TPSA) is 68.0 Å². The number of nitrogens with zero attached hydrogens (tertiary/aromatic N) is 3. The van der Waals surface area contributed by atoms with Gasteiger partial charge in [0.1, 0.15) is 11.8 Å². The van der Waals surface area contributed by atoms with E-state index in [9.17, 15) is 9.90 Å². The molecule has 0 amide bonds. The van der Waals surface area contributed by atoms with E-state index in [1.54, 1.807) is 13.8 Å². The minimum absolute atomic E-state index is 0.0949. The van der Waals surface area contributed by atoms with Gasteiger partial charge in [-0.05, 0) is 12.3 Å². The Hall–Kier alpha value is -1.23.